The van der Waals surface area contributed by atoms with Crippen LogP contribution in [0, 0.1) is 5.95 Å². The number of nitrogens with zero attached hydrogens (tertiary/aromatic N) is 2. The second-order valence-electron chi connectivity index (χ2n) is 6.57. The van der Waals surface area contributed by atoms with Crippen LogP contribution in [0.5, 0.6) is 0 Å². The van der Waals surface area contributed by atoms with Gasteiger partial charge in [0.15, 0.2) is 0 Å². The number of carbonyl (C=O) groups is 1. The van der Waals surface area contributed by atoms with Crippen molar-refractivity contribution in [1.82, 2.24) is 9.55 Å². The lowest BCUT2D eigenvalue weighted by Gasteiger charge is -2.10. The Morgan fingerprint density at radius 1 is 1.07 bits per heavy atom. The summed E-state index contributed by atoms with van der Waals surface area (Å²) in [5, 5.41) is 6.68. The highest BCUT2D eigenvalue weighted by atomic mass is 79.9. The Morgan fingerprint density at radius 3 is 2.76 bits per heavy atom. The molecule has 5 nitrogen and oxygen atoms in total. The molecular formula is C22H18BrFN4O. The summed E-state index contributed by atoms with van der Waals surface area (Å²) in [7, 11) is 0. The van der Waals surface area contributed by atoms with Gasteiger partial charge in [-0.3, -0.25) is 0 Å². The van der Waals surface area contributed by atoms with Crippen molar-refractivity contribution in [2.45, 2.75) is 13.0 Å². The molecule has 0 spiro atoms. The van der Waals surface area contributed by atoms with Crippen molar-refractivity contribution in [3.63, 3.8) is 0 Å². The van der Waals surface area contributed by atoms with Crippen LogP contribution in [0.25, 0.3) is 10.9 Å². The van der Waals surface area contributed by atoms with Crippen LogP contribution >= 0.6 is 15.9 Å². The molecule has 0 saturated heterocycles. The van der Waals surface area contributed by atoms with Gasteiger partial charge in [-0.1, -0.05) is 28.1 Å². The molecule has 0 bridgehead atoms. The average Bonchev–Trinajstić information content (AvgIpc) is 3.11. The van der Waals surface area contributed by atoms with Crippen LogP contribution in [0.2, 0.25) is 0 Å². The summed E-state index contributed by atoms with van der Waals surface area (Å²) in [4.78, 5) is 16.0. The standard InChI is InChI=1S/C22H18BrFN4O/c23-16-3-1-4-17(14-16)26-22(29)27-19-5-2-6-20-18(19)9-12-28(20)11-8-15-7-10-25-21(24)13-15/h1-7,9-10,12-14H,8,11H2,(H2,26,27,29). The third kappa shape index (κ3) is 4.63. The summed E-state index contributed by atoms with van der Waals surface area (Å²) < 4.78 is 16.3. The highest BCUT2D eigenvalue weighted by Gasteiger charge is 2.09. The van der Waals surface area contributed by atoms with E-state index in [0.29, 0.717) is 18.7 Å². The first kappa shape index (κ1) is 19.1. The molecule has 0 atom stereocenters. The Kier molecular flexibility index (Phi) is 5.57. The molecule has 146 valence electrons. The van der Waals surface area contributed by atoms with Crippen LogP contribution in [-0.2, 0) is 13.0 Å². The predicted octanol–water partition coefficient (Wildman–Crippen LogP) is 5.82. The monoisotopic (exact) mass is 452 g/mol. The molecule has 2 aromatic carbocycles. The molecule has 0 aliphatic carbocycles. The number of aromatic nitrogens is 2. The van der Waals surface area contributed by atoms with E-state index in [1.54, 1.807) is 0 Å². The predicted molar refractivity (Wildman–Crippen MR) is 117 cm³/mol. The Hall–Kier alpha value is -3.19. The summed E-state index contributed by atoms with van der Waals surface area (Å²) in [5.74, 6) is -0.470. The number of fused-ring (bicyclic) bond motifs is 1. The number of hydrogen-bond donors (Lipinski definition) is 2. The van der Waals surface area contributed by atoms with Crippen LogP contribution in [0.3, 0.4) is 0 Å². The van der Waals surface area contributed by atoms with Crippen LogP contribution < -0.4 is 10.6 Å². The van der Waals surface area contributed by atoms with Gasteiger partial charge in [0, 0.05) is 34.5 Å². The zero-order valence-corrected chi connectivity index (χ0v) is 17.0. The molecule has 29 heavy (non-hydrogen) atoms. The maximum absolute atomic E-state index is 13.3. The first-order valence-corrected chi connectivity index (χ1v) is 9.90. The third-order valence-electron chi connectivity index (χ3n) is 4.58. The number of urea groups is 1. The minimum Gasteiger partial charge on any atom is -0.347 e. The molecule has 2 amide bonds. The molecule has 0 radical (unpaired) electrons. The zero-order chi connectivity index (χ0) is 20.2. The summed E-state index contributed by atoms with van der Waals surface area (Å²) >= 11 is 3.39. The van der Waals surface area contributed by atoms with Crippen LogP contribution in [0.15, 0.2) is 77.5 Å². The van der Waals surface area contributed by atoms with Gasteiger partial charge in [-0.05, 0) is 60.5 Å². The normalized spacial score (nSPS) is 10.8. The number of pyridine rings is 1. The quantitative estimate of drug-likeness (QED) is 0.374. The number of carbonyl (C=O) groups excluding carboxylic acids is 1. The number of aryl methyl sites for hydroxylation is 2. The lowest BCUT2D eigenvalue weighted by Crippen LogP contribution is -2.19. The van der Waals surface area contributed by atoms with E-state index in [1.807, 2.05) is 60.8 Å². The minimum atomic E-state index is -0.470. The molecule has 0 unspecified atom stereocenters. The largest absolute Gasteiger partial charge is 0.347 e. The Morgan fingerprint density at radius 2 is 1.93 bits per heavy atom. The summed E-state index contributed by atoms with van der Waals surface area (Å²) in [5.41, 5.74) is 3.32. The van der Waals surface area contributed by atoms with E-state index in [-0.39, 0.29) is 6.03 Å². The molecule has 0 aliphatic heterocycles. The van der Waals surface area contributed by atoms with E-state index in [2.05, 4.69) is 36.1 Å². The Labute approximate surface area is 175 Å². The molecule has 4 aromatic rings. The van der Waals surface area contributed by atoms with Crippen LogP contribution in [-0.4, -0.2) is 15.6 Å². The summed E-state index contributed by atoms with van der Waals surface area (Å²) in [6.45, 7) is 0.695. The zero-order valence-electron chi connectivity index (χ0n) is 15.4. The van der Waals surface area contributed by atoms with Gasteiger partial charge >= 0.3 is 6.03 Å². The van der Waals surface area contributed by atoms with Crippen molar-refractivity contribution in [3.05, 3.63) is 89.0 Å². The van der Waals surface area contributed by atoms with Crippen molar-refractivity contribution in [1.29, 1.82) is 0 Å². The number of hydrogen-bond acceptors (Lipinski definition) is 2. The van der Waals surface area contributed by atoms with E-state index in [9.17, 15) is 9.18 Å². The molecule has 2 heterocycles. The molecule has 4 rings (SSSR count). The minimum absolute atomic E-state index is 0.310. The van der Waals surface area contributed by atoms with Gasteiger partial charge in [0.25, 0.3) is 0 Å². The van der Waals surface area contributed by atoms with Gasteiger partial charge in [-0.15, -0.1) is 0 Å². The highest BCUT2D eigenvalue weighted by Crippen LogP contribution is 2.25. The van der Waals surface area contributed by atoms with E-state index < -0.39 is 5.95 Å². The number of halogens is 2. The van der Waals surface area contributed by atoms with Gasteiger partial charge in [0.05, 0.1) is 11.2 Å². The fraction of sp³-hybridized carbons (Fsp3) is 0.0909. The average molecular weight is 453 g/mol. The maximum Gasteiger partial charge on any atom is 0.323 e. The smallest absolute Gasteiger partial charge is 0.323 e. The second-order valence-corrected chi connectivity index (χ2v) is 7.49. The van der Waals surface area contributed by atoms with Crippen molar-refractivity contribution < 1.29 is 9.18 Å². The van der Waals surface area contributed by atoms with Crippen LogP contribution in [0.1, 0.15) is 5.56 Å². The van der Waals surface area contributed by atoms with E-state index in [0.717, 1.165) is 26.6 Å². The topological polar surface area (TPSA) is 59.0 Å². The number of amides is 2. The summed E-state index contributed by atoms with van der Waals surface area (Å²) in [6, 6.07) is 18.1. The van der Waals surface area contributed by atoms with Gasteiger partial charge < -0.3 is 15.2 Å². The lowest BCUT2D eigenvalue weighted by molar-refractivity contribution is 0.262. The number of rotatable bonds is 5. The Bertz CT molecular complexity index is 1170. The first-order valence-electron chi connectivity index (χ1n) is 9.10. The summed E-state index contributed by atoms with van der Waals surface area (Å²) in [6.07, 6.45) is 4.13. The molecular weight excluding hydrogens is 435 g/mol. The molecule has 2 N–H and O–H groups in total. The number of nitrogens with one attached hydrogen (secondary N) is 2. The van der Waals surface area contributed by atoms with Gasteiger partial charge in [-0.25, -0.2) is 9.78 Å². The van der Waals surface area contributed by atoms with Gasteiger partial charge in [0.1, 0.15) is 0 Å². The Balaban J connectivity index is 1.49. The highest BCUT2D eigenvalue weighted by molar-refractivity contribution is 9.10. The van der Waals surface area contributed by atoms with Gasteiger partial charge in [-0.2, -0.15) is 4.39 Å². The van der Waals surface area contributed by atoms with Gasteiger partial charge in [0.2, 0.25) is 5.95 Å². The van der Waals surface area contributed by atoms with E-state index >= 15 is 0 Å². The lowest BCUT2D eigenvalue weighted by atomic mass is 10.2. The van der Waals surface area contributed by atoms with Crippen molar-refractivity contribution >= 4 is 44.2 Å². The number of benzene rings is 2. The molecule has 7 heteroatoms. The fourth-order valence-corrected chi connectivity index (χ4v) is 3.63. The molecule has 0 aliphatic rings. The first-order chi connectivity index (χ1) is 14.1. The third-order valence-corrected chi connectivity index (χ3v) is 5.07. The van der Waals surface area contributed by atoms with E-state index in [1.165, 1.54) is 12.3 Å². The van der Waals surface area contributed by atoms with E-state index in [4.69, 9.17) is 0 Å². The molecule has 0 saturated carbocycles. The van der Waals surface area contributed by atoms with Crippen molar-refractivity contribution in [2.24, 2.45) is 0 Å². The number of anilines is 2. The fourth-order valence-electron chi connectivity index (χ4n) is 3.23. The SMILES string of the molecule is O=C(Nc1cccc(Br)c1)Nc1cccc2c1ccn2CCc1ccnc(F)c1. The van der Waals surface area contributed by atoms with Crippen molar-refractivity contribution in [3.8, 4) is 0 Å². The van der Waals surface area contributed by atoms with Crippen LogP contribution in [0.4, 0.5) is 20.6 Å². The molecule has 0 fully saturated rings. The maximum atomic E-state index is 13.3. The molecule has 2 aromatic heterocycles. The van der Waals surface area contributed by atoms with Crippen molar-refractivity contribution in [2.75, 3.05) is 10.6 Å². The second kappa shape index (κ2) is 8.45.